The Balaban J connectivity index is 1.63. The zero-order valence-electron chi connectivity index (χ0n) is 14.2. The summed E-state index contributed by atoms with van der Waals surface area (Å²) < 4.78 is 40.7. The number of carbonyl (C=O) groups is 1. The van der Waals surface area contributed by atoms with E-state index < -0.39 is 20.9 Å². The van der Waals surface area contributed by atoms with Gasteiger partial charge in [0.2, 0.25) is 5.91 Å². The van der Waals surface area contributed by atoms with Crippen molar-refractivity contribution in [2.24, 2.45) is 5.92 Å². The molecule has 2 fully saturated rings. The maximum Gasteiger partial charge on any atom is 0.225 e. The molecule has 0 radical (unpaired) electrons. The lowest BCUT2D eigenvalue weighted by Gasteiger charge is -2.31. The minimum absolute atomic E-state index is 0.00400. The molecule has 1 aromatic carbocycles. The van der Waals surface area contributed by atoms with E-state index in [1.165, 1.54) is 12.1 Å². The SMILES string of the molecule is CSN1CCC(C(=O)N2CCC(S(=O)(=O)c3ccc(F)cc3)C2)CC1. The Bertz CT molecular complexity index is 716. The van der Waals surface area contributed by atoms with Gasteiger partial charge >= 0.3 is 0 Å². The van der Waals surface area contributed by atoms with Crippen LogP contribution in [0.15, 0.2) is 29.2 Å². The molecule has 2 saturated heterocycles. The van der Waals surface area contributed by atoms with Gasteiger partial charge in [-0.1, -0.05) is 11.9 Å². The monoisotopic (exact) mass is 386 g/mol. The summed E-state index contributed by atoms with van der Waals surface area (Å²) in [6, 6.07) is 4.91. The van der Waals surface area contributed by atoms with E-state index in [0.29, 0.717) is 13.0 Å². The number of benzene rings is 1. The molecule has 0 spiro atoms. The third kappa shape index (κ3) is 4.01. The Morgan fingerprint density at radius 1 is 1.12 bits per heavy atom. The Kier molecular flexibility index (Phi) is 5.70. The molecule has 3 rings (SSSR count). The Morgan fingerprint density at radius 2 is 1.76 bits per heavy atom. The first-order valence-electron chi connectivity index (χ1n) is 8.49. The van der Waals surface area contributed by atoms with Gasteiger partial charge in [0.25, 0.3) is 0 Å². The van der Waals surface area contributed by atoms with Crippen molar-refractivity contribution in [1.82, 2.24) is 9.21 Å². The number of likely N-dealkylation sites (tertiary alicyclic amines) is 1. The van der Waals surface area contributed by atoms with E-state index in [2.05, 4.69) is 4.31 Å². The van der Waals surface area contributed by atoms with E-state index in [1.54, 1.807) is 16.8 Å². The van der Waals surface area contributed by atoms with Crippen molar-refractivity contribution >= 4 is 27.7 Å². The van der Waals surface area contributed by atoms with Crippen LogP contribution in [0.2, 0.25) is 0 Å². The second-order valence-corrected chi connectivity index (χ2v) is 9.69. The van der Waals surface area contributed by atoms with Gasteiger partial charge in [-0.05, 0) is 49.8 Å². The van der Waals surface area contributed by atoms with Crippen LogP contribution in [0.5, 0.6) is 0 Å². The molecule has 1 amide bonds. The van der Waals surface area contributed by atoms with Crippen molar-refractivity contribution in [3.63, 3.8) is 0 Å². The van der Waals surface area contributed by atoms with Gasteiger partial charge in [-0.3, -0.25) is 9.10 Å². The number of nitrogens with zero attached hydrogens (tertiary/aromatic N) is 2. The summed E-state index contributed by atoms with van der Waals surface area (Å²) in [6.45, 7) is 2.50. The van der Waals surface area contributed by atoms with Crippen LogP contribution in [0.1, 0.15) is 19.3 Å². The van der Waals surface area contributed by atoms with E-state index in [9.17, 15) is 17.6 Å². The molecule has 0 aliphatic carbocycles. The summed E-state index contributed by atoms with van der Waals surface area (Å²) in [5, 5.41) is -0.604. The standard InChI is InChI=1S/C17H23FN2O3S2/c1-24-20-10-6-13(7-11-20)17(21)19-9-8-16(12-19)25(22,23)15-4-2-14(18)3-5-15/h2-5,13,16H,6-12H2,1H3. The first-order chi connectivity index (χ1) is 11.9. The molecule has 0 aromatic heterocycles. The summed E-state index contributed by atoms with van der Waals surface area (Å²) in [5.74, 6) is -0.382. The molecule has 1 atom stereocenters. The van der Waals surface area contributed by atoms with Crippen LogP contribution in [0.25, 0.3) is 0 Å². The molecule has 25 heavy (non-hydrogen) atoms. The van der Waals surface area contributed by atoms with Gasteiger partial charge in [0.1, 0.15) is 5.82 Å². The molecule has 0 N–H and O–H groups in total. The van der Waals surface area contributed by atoms with Gasteiger partial charge < -0.3 is 4.90 Å². The highest BCUT2D eigenvalue weighted by atomic mass is 32.2. The van der Waals surface area contributed by atoms with Crippen LogP contribution in [-0.4, -0.2) is 61.2 Å². The van der Waals surface area contributed by atoms with Gasteiger partial charge in [0.15, 0.2) is 9.84 Å². The lowest BCUT2D eigenvalue weighted by molar-refractivity contribution is -0.135. The highest BCUT2D eigenvalue weighted by molar-refractivity contribution is 7.96. The number of carbonyl (C=O) groups excluding carboxylic acids is 1. The van der Waals surface area contributed by atoms with E-state index in [4.69, 9.17) is 0 Å². The smallest absolute Gasteiger partial charge is 0.225 e. The molecule has 8 heteroatoms. The van der Waals surface area contributed by atoms with Crippen LogP contribution in [0.3, 0.4) is 0 Å². The molecule has 0 bridgehead atoms. The maximum absolute atomic E-state index is 13.0. The van der Waals surface area contributed by atoms with E-state index in [0.717, 1.165) is 38.1 Å². The highest BCUT2D eigenvalue weighted by Crippen LogP contribution is 2.28. The van der Waals surface area contributed by atoms with Crippen molar-refractivity contribution in [3.8, 4) is 0 Å². The van der Waals surface area contributed by atoms with Gasteiger partial charge in [-0.2, -0.15) is 0 Å². The van der Waals surface area contributed by atoms with Crippen molar-refractivity contribution < 1.29 is 17.6 Å². The fourth-order valence-corrected chi connectivity index (χ4v) is 5.81. The molecule has 2 heterocycles. The normalized spacial score (nSPS) is 23.1. The zero-order chi connectivity index (χ0) is 18.0. The van der Waals surface area contributed by atoms with E-state index in [1.807, 2.05) is 6.26 Å². The Labute approximate surface area is 152 Å². The average molecular weight is 387 g/mol. The lowest BCUT2D eigenvalue weighted by Crippen LogP contribution is -2.40. The Hall–Kier alpha value is -1.12. The van der Waals surface area contributed by atoms with Crippen molar-refractivity contribution in [2.75, 3.05) is 32.4 Å². The first kappa shape index (κ1) is 18.7. The molecular weight excluding hydrogens is 363 g/mol. The van der Waals surface area contributed by atoms with Gasteiger partial charge in [-0.15, -0.1) is 0 Å². The minimum atomic E-state index is -3.54. The molecule has 2 aliphatic rings. The molecule has 2 aliphatic heterocycles. The molecule has 138 valence electrons. The number of hydrogen-bond acceptors (Lipinski definition) is 5. The molecule has 1 aromatic rings. The predicted molar refractivity (Wildman–Crippen MR) is 96.4 cm³/mol. The molecule has 1 unspecified atom stereocenters. The Morgan fingerprint density at radius 3 is 2.36 bits per heavy atom. The van der Waals surface area contributed by atoms with Gasteiger partial charge in [0, 0.05) is 32.1 Å². The number of sulfone groups is 1. The van der Waals surface area contributed by atoms with Crippen molar-refractivity contribution in [3.05, 3.63) is 30.1 Å². The fraction of sp³-hybridized carbons (Fsp3) is 0.588. The second-order valence-electron chi connectivity index (χ2n) is 6.58. The number of rotatable bonds is 4. The van der Waals surface area contributed by atoms with Gasteiger partial charge in [0.05, 0.1) is 10.1 Å². The third-order valence-corrected chi connectivity index (χ3v) is 8.17. The minimum Gasteiger partial charge on any atom is -0.341 e. The fourth-order valence-electron chi connectivity index (χ4n) is 3.54. The van der Waals surface area contributed by atoms with Crippen LogP contribution in [0, 0.1) is 11.7 Å². The largest absolute Gasteiger partial charge is 0.341 e. The second kappa shape index (κ2) is 7.63. The summed E-state index contributed by atoms with van der Waals surface area (Å²) in [4.78, 5) is 14.5. The molecule has 0 saturated carbocycles. The van der Waals surface area contributed by atoms with Gasteiger partial charge in [-0.25, -0.2) is 12.8 Å². The quantitative estimate of drug-likeness (QED) is 0.586. The lowest BCUT2D eigenvalue weighted by atomic mass is 9.97. The van der Waals surface area contributed by atoms with Crippen LogP contribution in [-0.2, 0) is 14.6 Å². The highest BCUT2D eigenvalue weighted by Gasteiger charge is 2.38. The maximum atomic E-state index is 13.0. The summed E-state index contributed by atoms with van der Waals surface area (Å²) in [5.41, 5.74) is 0. The van der Waals surface area contributed by atoms with Crippen LogP contribution in [0.4, 0.5) is 4.39 Å². The van der Waals surface area contributed by atoms with Crippen molar-refractivity contribution in [1.29, 1.82) is 0 Å². The van der Waals surface area contributed by atoms with E-state index in [-0.39, 0.29) is 23.3 Å². The zero-order valence-corrected chi connectivity index (χ0v) is 15.9. The molecular formula is C17H23FN2O3S2. The number of amides is 1. The van der Waals surface area contributed by atoms with Crippen molar-refractivity contribution in [2.45, 2.75) is 29.4 Å². The summed E-state index contributed by atoms with van der Waals surface area (Å²) >= 11 is 1.70. The third-order valence-electron chi connectivity index (χ3n) is 5.10. The molecule has 5 nitrogen and oxygen atoms in total. The topological polar surface area (TPSA) is 57.7 Å². The van der Waals surface area contributed by atoms with E-state index >= 15 is 0 Å². The van der Waals surface area contributed by atoms with Crippen LogP contribution < -0.4 is 0 Å². The predicted octanol–water partition coefficient (Wildman–Crippen LogP) is 2.19. The first-order valence-corrected chi connectivity index (χ1v) is 11.2. The number of hydrogen-bond donors (Lipinski definition) is 0. The van der Waals surface area contributed by atoms with Crippen LogP contribution >= 0.6 is 11.9 Å². The summed E-state index contributed by atoms with van der Waals surface area (Å²) in [7, 11) is -3.54. The number of piperidine rings is 1. The average Bonchev–Trinajstić information content (AvgIpc) is 3.12. The number of halogens is 1. The summed E-state index contributed by atoms with van der Waals surface area (Å²) in [6.07, 6.45) is 4.12.